The summed E-state index contributed by atoms with van der Waals surface area (Å²) in [5.41, 5.74) is 1.05. The summed E-state index contributed by atoms with van der Waals surface area (Å²) < 4.78 is 0. The van der Waals surface area contributed by atoms with E-state index in [-0.39, 0.29) is 5.56 Å². The first-order valence-electron chi connectivity index (χ1n) is 4.14. The number of thiophene rings is 1. The number of aromatic amines is 1. The van der Waals surface area contributed by atoms with Crippen molar-refractivity contribution in [2.45, 2.75) is 6.54 Å². The molecule has 0 spiro atoms. The van der Waals surface area contributed by atoms with Crippen LogP contribution in [0.5, 0.6) is 0 Å². The molecular formula is C9H9N3OS. The maximum atomic E-state index is 10.9. The van der Waals surface area contributed by atoms with Gasteiger partial charge >= 0.3 is 0 Å². The minimum Gasteiger partial charge on any atom is -0.366 e. The molecule has 5 heteroatoms. The van der Waals surface area contributed by atoms with Crippen LogP contribution in [-0.4, -0.2) is 9.97 Å². The van der Waals surface area contributed by atoms with Crippen molar-refractivity contribution in [1.29, 1.82) is 0 Å². The van der Waals surface area contributed by atoms with Crippen LogP contribution in [0.3, 0.4) is 0 Å². The Balaban J connectivity index is 2.02. The van der Waals surface area contributed by atoms with E-state index in [9.17, 15) is 4.79 Å². The highest BCUT2D eigenvalue weighted by molar-refractivity contribution is 7.07. The van der Waals surface area contributed by atoms with Crippen molar-refractivity contribution in [2.75, 3.05) is 5.32 Å². The molecule has 72 valence electrons. The predicted octanol–water partition coefficient (Wildman–Crippen LogP) is 1.44. The SMILES string of the molecule is O=c1cc(NCc2ccsc2)nc[nH]1. The lowest BCUT2D eigenvalue weighted by molar-refractivity contribution is 1.06. The Kier molecular flexibility index (Phi) is 2.60. The molecule has 2 heterocycles. The fourth-order valence-electron chi connectivity index (χ4n) is 1.05. The Morgan fingerprint density at radius 1 is 1.57 bits per heavy atom. The van der Waals surface area contributed by atoms with E-state index in [1.165, 1.54) is 18.0 Å². The molecule has 0 saturated heterocycles. The van der Waals surface area contributed by atoms with Crippen LogP contribution in [0.15, 0.2) is 34.0 Å². The molecule has 0 atom stereocenters. The normalized spacial score (nSPS) is 10.0. The van der Waals surface area contributed by atoms with Gasteiger partial charge in [-0.2, -0.15) is 11.3 Å². The third-order valence-corrected chi connectivity index (χ3v) is 2.46. The van der Waals surface area contributed by atoms with Crippen molar-refractivity contribution >= 4 is 17.2 Å². The summed E-state index contributed by atoms with van der Waals surface area (Å²) in [5.74, 6) is 0.597. The maximum absolute atomic E-state index is 10.9. The van der Waals surface area contributed by atoms with Gasteiger partial charge in [0.15, 0.2) is 0 Å². The van der Waals surface area contributed by atoms with Crippen molar-refractivity contribution < 1.29 is 0 Å². The number of hydrogen-bond acceptors (Lipinski definition) is 4. The first kappa shape index (κ1) is 8.96. The van der Waals surface area contributed by atoms with Crippen molar-refractivity contribution in [3.8, 4) is 0 Å². The molecule has 2 rings (SSSR count). The zero-order valence-electron chi connectivity index (χ0n) is 7.36. The smallest absolute Gasteiger partial charge is 0.252 e. The molecule has 14 heavy (non-hydrogen) atoms. The maximum Gasteiger partial charge on any atom is 0.252 e. The molecule has 0 aliphatic carbocycles. The van der Waals surface area contributed by atoms with E-state index in [4.69, 9.17) is 0 Å². The lowest BCUT2D eigenvalue weighted by Gasteiger charge is -2.01. The van der Waals surface area contributed by atoms with Crippen LogP contribution in [0.4, 0.5) is 5.82 Å². The van der Waals surface area contributed by atoms with Crippen LogP contribution in [0.1, 0.15) is 5.56 Å². The molecule has 2 aromatic heterocycles. The second kappa shape index (κ2) is 4.06. The minimum absolute atomic E-state index is 0.146. The Bertz CT molecular complexity index is 449. The lowest BCUT2D eigenvalue weighted by Crippen LogP contribution is -2.08. The molecular weight excluding hydrogens is 198 g/mol. The van der Waals surface area contributed by atoms with E-state index >= 15 is 0 Å². The highest BCUT2D eigenvalue weighted by Gasteiger charge is 1.95. The summed E-state index contributed by atoms with van der Waals surface area (Å²) in [6.45, 7) is 0.694. The van der Waals surface area contributed by atoms with Gasteiger partial charge in [0.1, 0.15) is 5.82 Å². The molecule has 4 nitrogen and oxygen atoms in total. The number of aromatic nitrogens is 2. The van der Waals surface area contributed by atoms with Crippen LogP contribution in [0.2, 0.25) is 0 Å². The zero-order valence-corrected chi connectivity index (χ0v) is 8.17. The highest BCUT2D eigenvalue weighted by Crippen LogP contribution is 2.07. The topological polar surface area (TPSA) is 57.8 Å². The third-order valence-electron chi connectivity index (χ3n) is 1.73. The summed E-state index contributed by atoms with van der Waals surface area (Å²) >= 11 is 1.65. The quantitative estimate of drug-likeness (QED) is 0.800. The predicted molar refractivity (Wildman–Crippen MR) is 56.5 cm³/mol. The number of rotatable bonds is 3. The van der Waals surface area contributed by atoms with Crippen molar-refractivity contribution in [2.24, 2.45) is 0 Å². The summed E-state index contributed by atoms with van der Waals surface area (Å²) in [4.78, 5) is 17.4. The number of H-pyrrole nitrogens is 1. The van der Waals surface area contributed by atoms with E-state index in [0.717, 1.165) is 0 Å². The van der Waals surface area contributed by atoms with Gasteiger partial charge in [-0.05, 0) is 22.4 Å². The first-order chi connectivity index (χ1) is 6.84. The standard InChI is InChI=1S/C9H9N3OS/c13-9-3-8(11-6-12-9)10-4-7-1-2-14-5-7/h1-3,5-6H,4H2,(H2,10,11,12,13). The van der Waals surface area contributed by atoms with Crippen LogP contribution < -0.4 is 10.9 Å². The fourth-order valence-corrected chi connectivity index (χ4v) is 1.72. The van der Waals surface area contributed by atoms with Gasteiger partial charge in [0, 0.05) is 12.6 Å². The molecule has 0 unspecified atom stereocenters. The van der Waals surface area contributed by atoms with Gasteiger partial charge < -0.3 is 10.3 Å². The van der Waals surface area contributed by atoms with Crippen LogP contribution in [-0.2, 0) is 6.54 Å². The van der Waals surface area contributed by atoms with E-state index in [1.807, 2.05) is 11.4 Å². The van der Waals surface area contributed by atoms with Gasteiger partial charge in [0.2, 0.25) is 0 Å². The second-order valence-corrected chi connectivity index (χ2v) is 3.56. The van der Waals surface area contributed by atoms with Gasteiger partial charge in [-0.1, -0.05) is 0 Å². The summed E-state index contributed by atoms with van der Waals surface area (Å²) in [5, 5.41) is 7.14. The van der Waals surface area contributed by atoms with E-state index < -0.39 is 0 Å². The summed E-state index contributed by atoms with van der Waals surface area (Å²) in [6.07, 6.45) is 1.39. The third kappa shape index (κ3) is 2.20. The van der Waals surface area contributed by atoms with E-state index in [0.29, 0.717) is 12.4 Å². The number of anilines is 1. The lowest BCUT2D eigenvalue weighted by atomic mass is 10.3. The summed E-state index contributed by atoms with van der Waals surface area (Å²) in [7, 11) is 0. The number of hydrogen-bond donors (Lipinski definition) is 2. The monoisotopic (exact) mass is 207 g/mol. The second-order valence-electron chi connectivity index (χ2n) is 2.78. The Morgan fingerprint density at radius 2 is 2.50 bits per heavy atom. The molecule has 0 amide bonds. The Labute approximate surface area is 84.6 Å². The molecule has 2 N–H and O–H groups in total. The fraction of sp³-hybridized carbons (Fsp3) is 0.111. The molecule has 0 bridgehead atoms. The van der Waals surface area contributed by atoms with Crippen LogP contribution in [0.25, 0.3) is 0 Å². The van der Waals surface area contributed by atoms with Gasteiger partial charge in [-0.25, -0.2) is 4.98 Å². The van der Waals surface area contributed by atoms with E-state index in [1.54, 1.807) is 11.3 Å². The average Bonchev–Trinajstić information content (AvgIpc) is 2.67. The zero-order chi connectivity index (χ0) is 9.80. The summed E-state index contributed by atoms with van der Waals surface area (Å²) in [6, 6.07) is 3.47. The molecule has 0 aliphatic heterocycles. The van der Waals surface area contributed by atoms with Crippen LogP contribution in [0, 0.1) is 0 Å². The van der Waals surface area contributed by atoms with Crippen molar-refractivity contribution in [3.63, 3.8) is 0 Å². The molecule has 0 saturated carbocycles. The molecule has 0 aromatic carbocycles. The molecule has 0 fully saturated rings. The van der Waals surface area contributed by atoms with Crippen molar-refractivity contribution in [1.82, 2.24) is 9.97 Å². The highest BCUT2D eigenvalue weighted by atomic mass is 32.1. The average molecular weight is 207 g/mol. The molecule has 0 radical (unpaired) electrons. The largest absolute Gasteiger partial charge is 0.366 e. The van der Waals surface area contributed by atoms with Crippen LogP contribution >= 0.6 is 11.3 Å². The van der Waals surface area contributed by atoms with Gasteiger partial charge in [0.25, 0.3) is 5.56 Å². The van der Waals surface area contributed by atoms with Crippen molar-refractivity contribution in [3.05, 3.63) is 45.1 Å². The Morgan fingerprint density at radius 3 is 3.21 bits per heavy atom. The molecule has 2 aromatic rings. The number of nitrogens with one attached hydrogen (secondary N) is 2. The van der Waals surface area contributed by atoms with E-state index in [2.05, 4.69) is 20.7 Å². The molecule has 0 aliphatic rings. The Hall–Kier alpha value is -1.62. The van der Waals surface area contributed by atoms with Gasteiger partial charge in [-0.15, -0.1) is 0 Å². The van der Waals surface area contributed by atoms with Gasteiger partial charge in [-0.3, -0.25) is 4.79 Å². The number of nitrogens with zero attached hydrogens (tertiary/aromatic N) is 1. The first-order valence-corrected chi connectivity index (χ1v) is 5.08. The minimum atomic E-state index is -0.146. The van der Waals surface area contributed by atoms with Gasteiger partial charge in [0.05, 0.1) is 6.33 Å².